The number of nitrogens with two attached hydrogens (primary N) is 1. The number of thiophene rings is 1. The number of fused-ring (bicyclic) bond motifs is 1. The lowest BCUT2D eigenvalue weighted by Gasteiger charge is -2.11. The van der Waals surface area contributed by atoms with Gasteiger partial charge in [-0.25, -0.2) is 0 Å². The third-order valence-electron chi connectivity index (χ3n) is 4.45. The fraction of sp³-hybridized carbons (Fsp3) is 0.333. The van der Waals surface area contributed by atoms with Crippen LogP contribution in [-0.2, 0) is 17.6 Å². The number of hydrogen-bond donors (Lipinski definition) is 2. The molecule has 1 aromatic carbocycles. The number of carbonyl (C=O) groups is 2. The third-order valence-corrected chi connectivity index (χ3v) is 5.66. The molecule has 1 aliphatic rings. The van der Waals surface area contributed by atoms with Gasteiger partial charge in [-0.3, -0.25) is 9.59 Å². The maximum absolute atomic E-state index is 12.4. The van der Waals surface area contributed by atoms with Crippen molar-refractivity contribution in [3.63, 3.8) is 0 Å². The van der Waals surface area contributed by atoms with E-state index < -0.39 is 5.91 Å². The minimum atomic E-state index is -0.480. The van der Waals surface area contributed by atoms with Gasteiger partial charge in [0.15, 0.2) is 0 Å². The highest BCUT2D eigenvalue weighted by atomic mass is 32.1. The van der Waals surface area contributed by atoms with Crippen molar-refractivity contribution in [2.45, 2.75) is 39.0 Å². The van der Waals surface area contributed by atoms with Crippen LogP contribution in [0.4, 0.5) is 5.00 Å². The Bertz CT molecular complexity index is 870. The normalized spacial score (nSPS) is 13.4. The zero-order valence-corrected chi connectivity index (χ0v) is 16.2. The van der Waals surface area contributed by atoms with Gasteiger partial charge in [0.05, 0.1) is 12.2 Å². The van der Waals surface area contributed by atoms with Crippen LogP contribution in [0.5, 0.6) is 5.75 Å². The molecule has 0 bridgehead atoms. The highest BCUT2D eigenvalue weighted by molar-refractivity contribution is 7.17. The zero-order valence-electron chi connectivity index (χ0n) is 15.4. The molecular formula is C21H24N2O3S. The number of para-hydroxylation sites is 1. The highest BCUT2D eigenvalue weighted by Gasteiger charge is 2.24. The van der Waals surface area contributed by atoms with Crippen LogP contribution in [0.2, 0.25) is 0 Å². The third kappa shape index (κ3) is 4.57. The molecule has 1 aliphatic carbocycles. The summed E-state index contributed by atoms with van der Waals surface area (Å²) >= 11 is 1.46. The molecule has 0 fully saturated rings. The molecule has 0 saturated heterocycles. The number of carbonyl (C=O) groups excluding carboxylic acids is 2. The van der Waals surface area contributed by atoms with E-state index in [4.69, 9.17) is 10.5 Å². The predicted octanol–water partition coefficient (Wildman–Crippen LogP) is 4.17. The summed E-state index contributed by atoms with van der Waals surface area (Å²) in [5.74, 6) is -0.0267. The maximum atomic E-state index is 12.4. The minimum Gasteiger partial charge on any atom is -0.493 e. The first-order chi connectivity index (χ1) is 13.1. The van der Waals surface area contributed by atoms with Crippen LogP contribution in [0.25, 0.3) is 6.08 Å². The molecule has 0 spiro atoms. The molecule has 0 radical (unpaired) electrons. The number of anilines is 1. The van der Waals surface area contributed by atoms with Crippen LogP contribution < -0.4 is 15.8 Å². The van der Waals surface area contributed by atoms with E-state index in [0.717, 1.165) is 53.9 Å². The van der Waals surface area contributed by atoms with Crippen LogP contribution in [0.1, 0.15) is 52.5 Å². The van der Waals surface area contributed by atoms with Crippen molar-refractivity contribution in [1.29, 1.82) is 0 Å². The fourth-order valence-electron chi connectivity index (χ4n) is 3.20. The topological polar surface area (TPSA) is 81.4 Å². The minimum absolute atomic E-state index is 0.290. The maximum Gasteiger partial charge on any atom is 0.251 e. The van der Waals surface area contributed by atoms with Crippen molar-refractivity contribution < 1.29 is 14.3 Å². The van der Waals surface area contributed by atoms with Gasteiger partial charge < -0.3 is 15.8 Å². The summed E-state index contributed by atoms with van der Waals surface area (Å²) in [6.07, 6.45) is 8.03. The lowest BCUT2D eigenvalue weighted by Crippen LogP contribution is -2.17. The van der Waals surface area contributed by atoms with Crippen molar-refractivity contribution in [3.8, 4) is 5.75 Å². The molecule has 3 N–H and O–H groups in total. The smallest absolute Gasteiger partial charge is 0.251 e. The van der Waals surface area contributed by atoms with Crippen LogP contribution in [-0.4, -0.2) is 18.4 Å². The first-order valence-corrected chi connectivity index (χ1v) is 10.1. The Hall–Kier alpha value is -2.60. The van der Waals surface area contributed by atoms with Crippen molar-refractivity contribution >= 4 is 34.2 Å². The van der Waals surface area contributed by atoms with Gasteiger partial charge in [-0.1, -0.05) is 25.1 Å². The molecule has 0 unspecified atom stereocenters. The Labute approximate surface area is 163 Å². The van der Waals surface area contributed by atoms with Gasteiger partial charge in [0.25, 0.3) is 5.91 Å². The number of rotatable bonds is 7. The van der Waals surface area contributed by atoms with Crippen LogP contribution in [0.15, 0.2) is 30.3 Å². The van der Waals surface area contributed by atoms with Crippen molar-refractivity contribution in [2.24, 2.45) is 5.73 Å². The van der Waals surface area contributed by atoms with Crippen LogP contribution >= 0.6 is 11.3 Å². The summed E-state index contributed by atoms with van der Waals surface area (Å²) in [5.41, 5.74) is 7.89. The van der Waals surface area contributed by atoms with Gasteiger partial charge in [-0.2, -0.15) is 0 Å². The molecule has 0 atom stereocenters. The van der Waals surface area contributed by atoms with E-state index in [9.17, 15) is 9.59 Å². The van der Waals surface area contributed by atoms with E-state index in [1.807, 2.05) is 31.2 Å². The Morgan fingerprint density at radius 2 is 2.04 bits per heavy atom. The first-order valence-electron chi connectivity index (χ1n) is 9.25. The predicted molar refractivity (Wildman–Crippen MR) is 109 cm³/mol. The summed E-state index contributed by atoms with van der Waals surface area (Å²) in [6, 6.07) is 7.58. The molecule has 5 nitrogen and oxygen atoms in total. The van der Waals surface area contributed by atoms with Gasteiger partial charge in [0.2, 0.25) is 5.91 Å². The number of aryl methyl sites for hydroxylation is 1. The second-order valence-corrected chi connectivity index (χ2v) is 7.59. The molecule has 6 heteroatoms. The number of amides is 2. The van der Waals surface area contributed by atoms with Crippen LogP contribution in [0, 0.1) is 0 Å². The van der Waals surface area contributed by atoms with E-state index in [2.05, 4.69) is 5.32 Å². The molecule has 1 heterocycles. The summed E-state index contributed by atoms with van der Waals surface area (Å²) in [4.78, 5) is 25.5. The molecular weight excluding hydrogens is 360 g/mol. The number of nitrogens with one attached hydrogen (secondary N) is 1. The monoisotopic (exact) mass is 384 g/mol. The molecule has 1 aromatic heterocycles. The summed E-state index contributed by atoms with van der Waals surface area (Å²) in [6.45, 7) is 2.67. The van der Waals surface area contributed by atoms with Gasteiger partial charge in [0, 0.05) is 16.5 Å². The quantitative estimate of drug-likeness (QED) is 0.703. The number of benzene rings is 1. The van der Waals surface area contributed by atoms with Gasteiger partial charge in [0.1, 0.15) is 10.8 Å². The largest absolute Gasteiger partial charge is 0.493 e. The Kier molecular flexibility index (Phi) is 6.29. The van der Waals surface area contributed by atoms with E-state index >= 15 is 0 Å². The summed E-state index contributed by atoms with van der Waals surface area (Å²) < 4.78 is 5.70. The fourth-order valence-corrected chi connectivity index (χ4v) is 4.49. The summed E-state index contributed by atoms with van der Waals surface area (Å²) in [5, 5.41) is 3.39. The van der Waals surface area contributed by atoms with E-state index in [-0.39, 0.29) is 5.91 Å². The molecule has 0 saturated carbocycles. The van der Waals surface area contributed by atoms with Crippen molar-refractivity contribution in [2.75, 3.05) is 11.9 Å². The molecule has 142 valence electrons. The summed E-state index contributed by atoms with van der Waals surface area (Å²) in [7, 11) is 0. The Morgan fingerprint density at radius 1 is 1.26 bits per heavy atom. The lowest BCUT2D eigenvalue weighted by molar-refractivity contribution is -0.111. The van der Waals surface area contributed by atoms with Gasteiger partial charge in [-0.05, 0) is 49.8 Å². The standard InChI is InChI=1S/C21H24N2O3S/c1-2-13-26-16-9-5-3-7-14(16)11-12-18(24)23-21-19(20(22)25)15-8-4-6-10-17(15)27-21/h3,5,7,9,11-12H,2,4,6,8,10,13H2,1H3,(H2,22,25)(H,23,24)/b12-11+. The number of hydrogen-bond acceptors (Lipinski definition) is 4. The average Bonchev–Trinajstić information content (AvgIpc) is 3.03. The first kappa shape index (κ1) is 19.2. The second kappa shape index (κ2) is 8.86. The van der Waals surface area contributed by atoms with E-state index in [1.165, 1.54) is 17.4 Å². The SMILES string of the molecule is CCCOc1ccccc1/C=C/C(=O)Nc1sc2c(c1C(N)=O)CCCC2. The number of ether oxygens (including phenoxy) is 1. The second-order valence-electron chi connectivity index (χ2n) is 6.49. The highest BCUT2D eigenvalue weighted by Crippen LogP contribution is 2.37. The molecule has 3 rings (SSSR count). The van der Waals surface area contributed by atoms with Gasteiger partial charge in [-0.15, -0.1) is 11.3 Å². The molecule has 2 amide bonds. The van der Waals surface area contributed by atoms with E-state index in [0.29, 0.717) is 17.2 Å². The molecule has 0 aliphatic heterocycles. The zero-order chi connectivity index (χ0) is 19.2. The number of primary amides is 1. The molecule has 2 aromatic rings. The average molecular weight is 385 g/mol. The van der Waals surface area contributed by atoms with Gasteiger partial charge >= 0.3 is 0 Å². The Balaban J connectivity index is 1.76. The van der Waals surface area contributed by atoms with Crippen molar-refractivity contribution in [1.82, 2.24) is 0 Å². The van der Waals surface area contributed by atoms with Crippen LogP contribution in [0.3, 0.4) is 0 Å². The Morgan fingerprint density at radius 3 is 2.81 bits per heavy atom. The van der Waals surface area contributed by atoms with Crippen molar-refractivity contribution in [3.05, 3.63) is 51.9 Å². The molecule has 27 heavy (non-hydrogen) atoms. The van der Waals surface area contributed by atoms with E-state index in [1.54, 1.807) is 6.08 Å². The lowest BCUT2D eigenvalue weighted by atomic mass is 9.95.